The number of nitrogens with zero attached hydrogens (tertiary/aromatic N) is 1. The van der Waals surface area contributed by atoms with Crippen molar-refractivity contribution in [3.63, 3.8) is 0 Å². The summed E-state index contributed by atoms with van der Waals surface area (Å²) < 4.78 is 0.984. The van der Waals surface area contributed by atoms with E-state index in [0.29, 0.717) is 9.87 Å². The number of benzene rings is 1. The minimum absolute atomic E-state index is 0.0353. The molecule has 0 spiro atoms. The summed E-state index contributed by atoms with van der Waals surface area (Å²) in [6.07, 6.45) is 0. The van der Waals surface area contributed by atoms with Crippen LogP contribution < -0.4 is 10.6 Å². The lowest BCUT2D eigenvalue weighted by molar-refractivity contribution is 0.0997. The van der Waals surface area contributed by atoms with Gasteiger partial charge in [-0.3, -0.25) is 4.79 Å². The summed E-state index contributed by atoms with van der Waals surface area (Å²) in [6, 6.07) is 9.19. The highest BCUT2D eigenvalue weighted by Gasteiger charge is 2.17. The lowest BCUT2D eigenvalue weighted by Gasteiger charge is -2.16. The molecule has 0 radical (unpaired) electrons. The standard InChI is InChI=1S/C14H13BrN2OS2/c1-8-7-11(20-12(8)15)14(18)17(2)10-5-3-9(4-6-10)13(16)19/h3-7H,1-2H3,(H2,16,19). The minimum Gasteiger partial charge on any atom is -0.389 e. The molecule has 0 fully saturated rings. The van der Waals surface area contributed by atoms with E-state index >= 15 is 0 Å². The first kappa shape index (κ1) is 15.2. The SMILES string of the molecule is Cc1cc(C(=O)N(C)c2ccc(C(N)=S)cc2)sc1Br. The second kappa shape index (κ2) is 6.03. The minimum atomic E-state index is -0.0353. The van der Waals surface area contributed by atoms with E-state index in [1.54, 1.807) is 11.9 Å². The Morgan fingerprint density at radius 2 is 1.95 bits per heavy atom. The Morgan fingerprint density at radius 1 is 1.35 bits per heavy atom. The van der Waals surface area contributed by atoms with E-state index in [1.165, 1.54) is 11.3 Å². The molecule has 0 bridgehead atoms. The third-order valence-corrected chi connectivity index (χ3v) is 5.27. The molecule has 104 valence electrons. The van der Waals surface area contributed by atoms with Crippen molar-refractivity contribution < 1.29 is 4.79 Å². The van der Waals surface area contributed by atoms with Crippen molar-refractivity contribution in [2.24, 2.45) is 5.73 Å². The van der Waals surface area contributed by atoms with Crippen LogP contribution in [0.15, 0.2) is 34.1 Å². The van der Waals surface area contributed by atoms with E-state index in [4.69, 9.17) is 18.0 Å². The molecule has 0 saturated carbocycles. The lowest BCUT2D eigenvalue weighted by atomic mass is 10.2. The van der Waals surface area contributed by atoms with Crippen LogP contribution >= 0.6 is 39.5 Å². The van der Waals surface area contributed by atoms with Gasteiger partial charge in [0.15, 0.2) is 0 Å². The summed E-state index contributed by atoms with van der Waals surface area (Å²) in [7, 11) is 1.75. The highest BCUT2D eigenvalue weighted by atomic mass is 79.9. The predicted molar refractivity (Wildman–Crippen MR) is 91.8 cm³/mol. The Labute approximate surface area is 135 Å². The van der Waals surface area contributed by atoms with Crippen LogP contribution in [0.3, 0.4) is 0 Å². The zero-order valence-corrected chi connectivity index (χ0v) is 14.2. The molecule has 1 aromatic heterocycles. The summed E-state index contributed by atoms with van der Waals surface area (Å²) >= 11 is 9.78. The number of rotatable bonds is 3. The van der Waals surface area contributed by atoms with E-state index in [1.807, 2.05) is 37.3 Å². The summed E-state index contributed by atoms with van der Waals surface area (Å²) in [5, 5.41) is 0. The number of hydrogen-bond donors (Lipinski definition) is 1. The van der Waals surface area contributed by atoms with Gasteiger partial charge < -0.3 is 10.6 Å². The third kappa shape index (κ3) is 3.08. The molecule has 1 heterocycles. The number of hydrogen-bond acceptors (Lipinski definition) is 3. The Balaban J connectivity index is 2.24. The predicted octanol–water partition coefficient (Wildman–Crippen LogP) is 3.73. The molecule has 2 aromatic rings. The number of carbonyl (C=O) groups is 1. The number of carbonyl (C=O) groups excluding carboxylic acids is 1. The van der Waals surface area contributed by atoms with E-state index in [2.05, 4.69) is 15.9 Å². The lowest BCUT2D eigenvalue weighted by Crippen LogP contribution is -2.25. The molecule has 2 N–H and O–H groups in total. The normalized spacial score (nSPS) is 10.3. The Hall–Kier alpha value is -1.24. The molecule has 1 aromatic carbocycles. The molecule has 0 aliphatic heterocycles. The Bertz CT molecular complexity index is 645. The van der Waals surface area contributed by atoms with Gasteiger partial charge in [0.1, 0.15) is 4.99 Å². The highest BCUT2D eigenvalue weighted by Crippen LogP contribution is 2.29. The van der Waals surface area contributed by atoms with Gasteiger partial charge in [0.2, 0.25) is 0 Å². The van der Waals surface area contributed by atoms with Crippen LogP contribution in [0.1, 0.15) is 20.8 Å². The summed E-state index contributed by atoms with van der Waals surface area (Å²) in [6.45, 7) is 1.97. The number of anilines is 1. The Kier molecular flexibility index (Phi) is 4.57. The molecule has 0 aliphatic rings. The number of aryl methyl sites for hydroxylation is 1. The topological polar surface area (TPSA) is 46.3 Å². The van der Waals surface area contributed by atoms with Crippen LogP contribution in [-0.4, -0.2) is 17.9 Å². The fourth-order valence-electron chi connectivity index (χ4n) is 1.70. The fraction of sp³-hybridized carbons (Fsp3) is 0.143. The molecule has 2 rings (SSSR count). The zero-order valence-electron chi connectivity index (χ0n) is 11.0. The Morgan fingerprint density at radius 3 is 2.40 bits per heavy atom. The molecule has 6 heteroatoms. The summed E-state index contributed by atoms with van der Waals surface area (Å²) in [4.78, 5) is 15.1. The maximum Gasteiger partial charge on any atom is 0.268 e. The van der Waals surface area contributed by atoms with Crippen molar-refractivity contribution in [1.82, 2.24) is 0 Å². The maximum atomic E-state index is 12.4. The maximum absolute atomic E-state index is 12.4. The van der Waals surface area contributed by atoms with Crippen LogP contribution in [0.4, 0.5) is 5.69 Å². The molecule has 0 unspecified atom stereocenters. The van der Waals surface area contributed by atoms with Crippen LogP contribution in [-0.2, 0) is 0 Å². The van der Waals surface area contributed by atoms with Crippen molar-refractivity contribution in [1.29, 1.82) is 0 Å². The largest absolute Gasteiger partial charge is 0.389 e. The highest BCUT2D eigenvalue weighted by molar-refractivity contribution is 9.11. The number of amides is 1. The average Bonchev–Trinajstić information content (AvgIpc) is 2.77. The monoisotopic (exact) mass is 368 g/mol. The molecule has 1 amide bonds. The van der Waals surface area contributed by atoms with Gasteiger partial charge in [-0.25, -0.2) is 0 Å². The van der Waals surface area contributed by atoms with Crippen LogP contribution in [0.5, 0.6) is 0 Å². The van der Waals surface area contributed by atoms with Gasteiger partial charge in [0.05, 0.1) is 8.66 Å². The van der Waals surface area contributed by atoms with Gasteiger partial charge in [0, 0.05) is 18.3 Å². The van der Waals surface area contributed by atoms with E-state index in [9.17, 15) is 4.79 Å². The second-order valence-corrected chi connectivity index (χ2v) is 7.15. The average molecular weight is 369 g/mol. The molecule has 0 atom stereocenters. The van der Waals surface area contributed by atoms with Gasteiger partial charge >= 0.3 is 0 Å². The van der Waals surface area contributed by atoms with Crippen molar-refractivity contribution in [3.8, 4) is 0 Å². The number of nitrogens with two attached hydrogens (primary N) is 1. The number of halogens is 1. The van der Waals surface area contributed by atoms with E-state index in [-0.39, 0.29) is 5.91 Å². The van der Waals surface area contributed by atoms with E-state index in [0.717, 1.165) is 20.6 Å². The van der Waals surface area contributed by atoms with Crippen molar-refractivity contribution in [2.75, 3.05) is 11.9 Å². The number of thiocarbonyl (C=S) groups is 1. The van der Waals surface area contributed by atoms with Gasteiger partial charge in [-0.15, -0.1) is 11.3 Å². The van der Waals surface area contributed by atoms with Crippen molar-refractivity contribution >= 4 is 56.1 Å². The quantitative estimate of drug-likeness (QED) is 0.839. The van der Waals surface area contributed by atoms with E-state index < -0.39 is 0 Å². The molecule has 20 heavy (non-hydrogen) atoms. The first-order valence-electron chi connectivity index (χ1n) is 5.84. The summed E-state index contributed by atoms with van der Waals surface area (Å²) in [5.74, 6) is -0.0353. The summed E-state index contributed by atoms with van der Waals surface area (Å²) in [5.41, 5.74) is 8.22. The zero-order chi connectivity index (χ0) is 14.9. The third-order valence-electron chi connectivity index (χ3n) is 2.91. The first-order chi connectivity index (χ1) is 9.40. The van der Waals surface area contributed by atoms with Crippen molar-refractivity contribution in [2.45, 2.75) is 6.92 Å². The molecule has 0 saturated heterocycles. The van der Waals surface area contributed by atoms with Crippen LogP contribution in [0.25, 0.3) is 0 Å². The second-order valence-electron chi connectivity index (χ2n) is 4.34. The van der Waals surface area contributed by atoms with Gasteiger partial charge in [0.25, 0.3) is 5.91 Å². The smallest absolute Gasteiger partial charge is 0.268 e. The fourth-order valence-corrected chi connectivity index (χ4v) is 3.34. The molecule has 0 aliphatic carbocycles. The molecular weight excluding hydrogens is 356 g/mol. The number of thiophene rings is 1. The van der Waals surface area contributed by atoms with Gasteiger partial charge in [-0.1, -0.05) is 12.2 Å². The first-order valence-corrected chi connectivity index (χ1v) is 7.86. The molecular formula is C14H13BrN2OS2. The van der Waals surface area contributed by atoms with Gasteiger partial charge in [-0.05, 0) is 58.7 Å². The van der Waals surface area contributed by atoms with Crippen molar-refractivity contribution in [3.05, 3.63) is 50.1 Å². The molecule has 3 nitrogen and oxygen atoms in total. The van der Waals surface area contributed by atoms with Gasteiger partial charge in [-0.2, -0.15) is 0 Å². The van der Waals surface area contributed by atoms with Crippen LogP contribution in [0, 0.1) is 6.92 Å². The van der Waals surface area contributed by atoms with Crippen LogP contribution in [0.2, 0.25) is 0 Å².